The molecule has 0 aliphatic carbocycles. The Morgan fingerprint density at radius 1 is 1.14 bits per heavy atom. The zero-order valence-electron chi connectivity index (χ0n) is 11.4. The third-order valence-electron chi connectivity index (χ3n) is 3.40. The van der Waals surface area contributed by atoms with Gasteiger partial charge in [-0.25, -0.2) is 0 Å². The number of hydrogen-bond acceptors (Lipinski definition) is 2. The third-order valence-corrected chi connectivity index (χ3v) is 4.43. The molecule has 1 aliphatic rings. The highest BCUT2D eigenvalue weighted by Crippen LogP contribution is 2.40. The summed E-state index contributed by atoms with van der Waals surface area (Å²) in [4.78, 5) is 1.76. The molecule has 0 bridgehead atoms. The predicted octanol–water partition coefficient (Wildman–Crippen LogP) is 4.97. The molecule has 0 aromatic heterocycles. The number of piperazine rings is 1. The molecule has 22 heavy (non-hydrogen) atoms. The predicted molar refractivity (Wildman–Crippen MR) is 86.6 cm³/mol. The molecule has 9 heteroatoms. The van der Waals surface area contributed by atoms with Crippen molar-refractivity contribution in [3.05, 3.63) is 32.8 Å². The molecule has 1 N–H and O–H groups in total. The van der Waals surface area contributed by atoms with Crippen molar-refractivity contribution in [3.8, 4) is 0 Å². The van der Waals surface area contributed by atoms with Gasteiger partial charge in [-0.3, -0.25) is 4.90 Å². The van der Waals surface area contributed by atoms with Crippen LogP contribution in [-0.2, 0) is 0 Å². The Labute approximate surface area is 148 Å². The van der Waals surface area contributed by atoms with Gasteiger partial charge in [0.1, 0.15) is 0 Å². The molecule has 0 spiro atoms. The average molecular weight is 398 g/mol. The van der Waals surface area contributed by atoms with E-state index < -0.39 is 18.6 Å². The smallest absolute Gasteiger partial charge is 0.314 e. The number of nitrogens with one attached hydrogen (secondary N) is 1. The van der Waals surface area contributed by atoms with Crippen molar-refractivity contribution in [1.82, 2.24) is 10.2 Å². The average Bonchev–Trinajstić information content (AvgIpc) is 2.40. The van der Waals surface area contributed by atoms with Crippen molar-refractivity contribution in [2.75, 3.05) is 26.2 Å². The van der Waals surface area contributed by atoms with E-state index in [1.165, 1.54) is 12.1 Å². The molecule has 1 atom stereocenters. The molecule has 0 unspecified atom stereocenters. The molecule has 2 nitrogen and oxygen atoms in total. The van der Waals surface area contributed by atoms with Crippen LogP contribution in [0.1, 0.15) is 18.0 Å². The summed E-state index contributed by atoms with van der Waals surface area (Å²) in [7, 11) is 0. The normalized spacial score (nSPS) is 17.9. The second-order valence-electron chi connectivity index (χ2n) is 4.91. The van der Waals surface area contributed by atoms with Gasteiger partial charge in [-0.1, -0.05) is 34.8 Å². The highest BCUT2D eigenvalue weighted by atomic mass is 35.5. The van der Waals surface area contributed by atoms with Crippen LogP contribution < -0.4 is 5.32 Å². The molecule has 126 valence electrons. The SMILES string of the molecule is Cl.FC(F)(F)C[C@H](c1cc(Cl)cc(Cl)c1Cl)N1CCNCC1. The summed E-state index contributed by atoms with van der Waals surface area (Å²) in [5.74, 6) is 0. The number of halogens is 7. The lowest BCUT2D eigenvalue weighted by Crippen LogP contribution is -2.46. The van der Waals surface area contributed by atoms with Crippen molar-refractivity contribution in [3.63, 3.8) is 0 Å². The van der Waals surface area contributed by atoms with E-state index in [0.717, 1.165) is 0 Å². The third kappa shape index (κ3) is 5.32. The van der Waals surface area contributed by atoms with Crippen molar-refractivity contribution in [2.45, 2.75) is 18.6 Å². The summed E-state index contributed by atoms with van der Waals surface area (Å²) >= 11 is 18.0. The van der Waals surface area contributed by atoms with Gasteiger partial charge in [0.15, 0.2) is 0 Å². The van der Waals surface area contributed by atoms with Crippen molar-refractivity contribution >= 4 is 47.2 Å². The van der Waals surface area contributed by atoms with Gasteiger partial charge >= 0.3 is 6.18 Å². The van der Waals surface area contributed by atoms with Gasteiger partial charge in [0.25, 0.3) is 0 Å². The van der Waals surface area contributed by atoms with Gasteiger partial charge in [0.2, 0.25) is 0 Å². The van der Waals surface area contributed by atoms with Crippen LogP contribution in [0.4, 0.5) is 13.2 Å². The topological polar surface area (TPSA) is 15.3 Å². The van der Waals surface area contributed by atoms with E-state index in [9.17, 15) is 13.2 Å². The lowest BCUT2D eigenvalue weighted by Gasteiger charge is -2.36. The minimum absolute atomic E-state index is 0. The molecule has 1 heterocycles. The maximum Gasteiger partial charge on any atom is 0.390 e. The van der Waals surface area contributed by atoms with Crippen LogP contribution in [0.5, 0.6) is 0 Å². The first kappa shape index (κ1) is 20.1. The van der Waals surface area contributed by atoms with Crippen LogP contribution in [0.25, 0.3) is 0 Å². The highest BCUT2D eigenvalue weighted by Gasteiger charge is 2.37. The van der Waals surface area contributed by atoms with Crippen LogP contribution in [-0.4, -0.2) is 37.3 Å². The van der Waals surface area contributed by atoms with Crippen LogP contribution in [0, 0.1) is 0 Å². The van der Waals surface area contributed by atoms with Crippen molar-refractivity contribution in [2.24, 2.45) is 0 Å². The summed E-state index contributed by atoms with van der Waals surface area (Å²) in [6.07, 6.45) is -5.28. The Kier molecular flexibility index (Phi) is 7.57. The van der Waals surface area contributed by atoms with E-state index >= 15 is 0 Å². The van der Waals surface area contributed by atoms with Gasteiger partial charge in [0.05, 0.1) is 16.5 Å². The van der Waals surface area contributed by atoms with Crippen molar-refractivity contribution in [1.29, 1.82) is 0 Å². The number of benzene rings is 1. The monoisotopic (exact) mass is 396 g/mol. The summed E-state index contributed by atoms with van der Waals surface area (Å²) in [6.45, 7) is 2.31. The summed E-state index contributed by atoms with van der Waals surface area (Å²) in [6, 6.07) is 2.02. The Bertz CT molecular complexity index is 505. The van der Waals surface area contributed by atoms with Gasteiger partial charge in [-0.2, -0.15) is 13.2 Å². The Balaban J connectivity index is 0.00000242. The molecular weight excluding hydrogens is 383 g/mol. The van der Waals surface area contributed by atoms with E-state index in [0.29, 0.717) is 31.7 Å². The zero-order chi connectivity index (χ0) is 15.6. The van der Waals surface area contributed by atoms with Crippen LogP contribution in [0.3, 0.4) is 0 Å². The van der Waals surface area contributed by atoms with E-state index in [1.807, 2.05) is 0 Å². The first-order valence-electron chi connectivity index (χ1n) is 6.44. The largest absolute Gasteiger partial charge is 0.390 e. The van der Waals surface area contributed by atoms with Crippen LogP contribution >= 0.6 is 47.2 Å². The van der Waals surface area contributed by atoms with Gasteiger partial charge < -0.3 is 5.32 Å². The molecular formula is C13H15Cl4F3N2. The van der Waals surface area contributed by atoms with Gasteiger partial charge in [0, 0.05) is 37.2 Å². The second kappa shape index (κ2) is 8.27. The molecule has 1 aromatic carbocycles. The molecule has 1 aromatic rings. The maximum atomic E-state index is 12.9. The first-order chi connectivity index (χ1) is 9.78. The molecule has 1 saturated heterocycles. The fourth-order valence-electron chi connectivity index (χ4n) is 2.47. The summed E-state index contributed by atoms with van der Waals surface area (Å²) in [5, 5.41) is 3.69. The molecule has 1 aliphatic heterocycles. The standard InChI is InChI=1S/C13H14Cl3F3N2.ClH/c14-8-5-9(12(16)10(15)6-8)11(7-13(17,18)19)21-3-1-20-2-4-21;/h5-6,11,20H,1-4,7H2;1H/t11-;/m1./s1. The second-order valence-corrected chi connectivity index (χ2v) is 6.13. The van der Waals surface area contributed by atoms with Crippen LogP contribution in [0.15, 0.2) is 12.1 Å². The molecule has 1 fully saturated rings. The number of alkyl halides is 3. The number of hydrogen-bond donors (Lipinski definition) is 1. The first-order valence-corrected chi connectivity index (χ1v) is 7.57. The quantitative estimate of drug-likeness (QED) is 0.724. The minimum Gasteiger partial charge on any atom is -0.314 e. The van der Waals surface area contributed by atoms with E-state index in [1.54, 1.807) is 4.90 Å². The lowest BCUT2D eigenvalue weighted by molar-refractivity contribution is -0.148. The zero-order valence-corrected chi connectivity index (χ0v) is 14.5. The Hall–Kier alpha value is 0.0900. The fraction of sp³-hybridized carbons (Fsp3) is 0.538. The lowest BCUT2D eigenvalue weighted by atomic mass is 10.0. The Morgan fingerprint density at radius 3 is 2.27 bits per heavy atom. The molecule has 2 rings (SSSR count). The van der Waals surface area contributed by atoms with Crippen molar-refractivity contribution < 1.29 is 13.2 Å². The fourth-order valence-corrected chi connectivity index (χ4v) is 3.21. The van der Waals surface area contributed by atoms with Crippen LogP contribution in [0.2, 0.25) is 15.1 Å². The molecule has 0 amide bonds. The number of nitrogens with zero attached hydrogens (tertiary/aromatic N) is 1. The van der Waals surface area contributed by atoms with Gasteiger partial charge in [-0.15, -0.1) is 12.4 Å². The van der Waals surface area contributed by atoms with E-state index in [4.69, 9.17) is 34.8 Å². The minimum atomic E-state index is -4.30. The summed E-state index contributed by atoms with van der Waals surface area (Å²) in [5.41, 5.74) is 0.327. The van der Waals surface area contributed by atoms with E-state index in [2.05, 4.69) is 5.32 Å². The molecule has 0 radical (unpaired) electrons. The Morgan fingerprint density at radius 2 is 1.73 bits per heavy atom. The number of rotatable bonds is 3. The van der Waals surface area contributed by atoms with Gasteiger partial charge in [-0.05, 0) is 17.7 Å². The summed E-state index contributed by atoms with van der Waals surface area (Å²) < 4.78 is 38.8. The maximum absolute atomic E-state index is 12.9. The molecule has 0 saturated carbocycles. The highest BCUT2D eigenvalue weighted by molar-refractivity contribution is 6.43. The van der Waals surface area contributed by atoms with E-state index in [-0.39, 0.29) is 27.5 Å².